The number of nitrogens with zero attached hydrogens (tertiary/aromatic N) is 3. The van der Waals surface area contributed by atoms with E-state index in [0.29, 0.717) is 5.92 Å². The lowest BCUT2D eigenvalue weighted by molar-refractivity contribution is -0.0606. The molecule has 1 fully saturated rings. The van der Waals surface area contributed by atoms with Gasteiger partial charge in [0.2, 0.25) is 0 Å². The molecule has 5 heteroatoms. The number of rotatable bonds is 3. The van der Waals surface area contributed by atoms with Gasteiger partial charge in [0.15, 0.2) is 0 Å². The minimum Gasteiger partial charge on any atom is -0.376 e. The molecule has 0 spiro atoms. The van der Waals surface area contributed by atoms with Crippen molar-refractivity contribution in [1.82, 2.24) is 14.5 Å². The smallest absolute Gasteiger partial charge is 0.113 e. The number of imidazole rings is 1. The molecule has 0 amide bonds. The van der Waals surface area contributed by atoms with Crippen LogP contribution < -0.4 is 0 Å². The fourth-order valence-corrected chi connectivity index (χ4v) is 3.66. The fourth-order valence-electron chi connectivity index (χ4n) is 2.89. The Kier molecular flexibility index (Phi) is 3.65. The Bertz CT molecular complexity index is 587. The molecule has 4 nitrogen and oxygen atoms in total. The van der Waals surface area contributed by atoms with E-state index in [1.807, 2.05) is 13.1 Å². The van der Waals surface area contributed by atoms with Gasteiger partial charge in [-0.1, -0.05) is 0 Å². The largest absolute Gasteiger partial charge is 0.376 e. The molecule has 1 unspecified atom stereocenters. The average molecular weight is 291 g/mol. The third kappa shape index (κ3) is 2.94. The molecule has 0 radical (unpaired) electrons. The maximum absolute atomic E-state index is 5.81. The number of hydrogen-bond acceptors (Lipinski definition) is 4. The molecule has 0 aliphatic carbocycles. The van der Waals surface area contributed by atoms with Gasteiger partial charge in [0, 0.05) is 36.0 Å². The minimum atomic E-state index is -0.0442. The van der Waals surface area contributed by atoms with E-state index < -0.39 is 0 Å². The zero-order valence-electron chi connectivity index (χ0n) is 12.3. The number of aryl methyl sites for hydroxylation is 1. The van der Waals surface area contributed by atoms with Crippen LogP contribution in [0, 0.1) is 6.92 Å². The standard InChI is InChI=1S/C15H21N3OS/c1-11-10-20-13(17-11)9-18-6-5-16-14(18)12-4-7-19-15(2,3)8-12/h5-6,10,12H,4,7-9H2,1-3H3. The van der Waals surface area contributed by atoms with E-state index in [9.17, 15) is 0 Å². The summed E-state index contributed by atoms with van der Waals surface area (Å²) in [5.41, 5.74) is 1.05. The topological polar surface area (TPSA) is 39.9 Å². The summed E-state index contributed by atoms with van der Waals surface area (Å²) in [6.45, 7) is 8.01. The SMILES string of the molecule is Cc1csc(Cn2ccnc2C2CCOC(C)(C)C2)n1. The molecule has 1 saturated heterocycles. The van der Waals surface area contributed by atoms with Gasteiger partial charge < -0.3 is 9.30 Å². The molecule has 0 saturated carbocycles. The maximum Gasteiger partial charge on any atom is 0.113 e. The summed E-state index contributed by atoms with van der Waals surface area (Å²) in [5, 5.41) is 3.25. The predicted octanol–water partition coefficient (Wildman–Crippen LogP) is 3.37. The highest BCUT2D eigenvalue weighted by Crippen LogP contribution is 2.35. The number of thiazole rings is 1. The number of aromatic nitrogens is 3. The van der Waals surface area contributed by atoms with Crippen LogP contribution in [-0.2, 0) is 11.3 Å². The van der Waals surface area contributed by atoms with E-state index in [1.165, 1.54) is 5.82 Å². The Morgan fingerprint density at radius 2 is 2.35 bits per heavy atom. The molecule has 1 atom stereocenters. The quantitative estimate of drug-likeness (QED) is 0.870. The molecule has 3 heterocycles. The zero-order valence-corrected chi connectivity index (χ0v) is 13.1. The van der Waals surface area contributed by atoms with Gasteiger partial charge in [-0.25, -0.2) is 9.97 Å². The summed E-state index contributed by atoms with van der Waals surface area (Å²) >= 11 is 1.72. The summed E-state index contributed by atoms with van der Waals surface area (Å²) < 4.78 is 8.05. The van der Waals surface area contributed by atoms with E-state index in [1.54, 1.807) is 11.3 Å². The van der Waals surface area contributed by atoms with Crippen LogP contribution >= 0.6 is 11.3 Å². The minimum absolute atomic E-state index is 0.0442. The van der Waals surface area contributed by atoms with Crippen LogP contribution in [0.4, 0.5) is 0 Å². The number of hydrogen-bond donors (Lipinski definition) is 0. The highest BCUT2D eigenvalue weighted by atomic mass is 32.1. The second-order valence-electron chi connectivity index (χ2n) is 6.09. The molecule has 2 aromatic rings. The van der Waals surface area contributed by atoms with Crippen molar-refractivity contribution >= 4 is 11.3 Å². The van der Waals surface area contributed by atoms with E-state index in [0.717, 1.165) is 36.7 Å². The second kappa shape index (κ2) is 5.30. The van der Waals surface area contributed by atoms with E-state index >= 15 is 0 Å². The van der Waals surface area contributed by atoms with Crippen LogP contribution in [0.1, 0.15) is 49.1 Å². The van der Waals surface area contributed by atoms with Gasteiger partial charge in [0.05, 0.1) is 12.1 Å². The maximum atomic E-state index is 5.81. The molecule has 1 aliphatic rings. The zero-order chi connectivity index (χ0) is 14.2. The molecule has 0 bridgehead atoms. The highest BCUT2D eigenvalue weighted by Gasteiger charge is 2.31. The average Bonchev–Trinajstić information content (AvgIpc) is 2.98. The first kappa shape index (κ1) is 13.8. The van der Waals surface area contributed by atoms with Crippen LogP contribution in [0.25, 0.3) is 0 Å². The highest BCUT2D eigenvalue weighted by molar-refractivity contribution is 7.09. The van der Waals surface area contributed by atoms with Gasteiger partial charge in [-0.3, -0.25) is 0 Å². The van der Waals surface area contributed by atoms with Crippen molar-refractivity contribution in [2.24, 2.45) is 0 Å². The Balaban J connectivity index is 1.79. The third-order valence-corrected chi connectivity index (χ3v) is 4.73. The van der Waals surface area contributed by atoms with Crippen molar-refractivity contribution in [3.63, 3.8) is 0 Å². The van der Waals surface area contributed by atoms with Crippen molar-refractivity contribution in [2.75, 3.05) is 6.61 Å². The van der Waals surface area contributed by atoms with Crippen LogP contribution in [-0.4, -0.2) is 26.7 Å². The van der Waals surface area contributed by atoms with Gasteiger partial charge in [-0.05, 0) is 33.6 Å². The van der Waals surface area contributed by atoms with Crippen molar-refractivity contribution in [3.05, 3.63) is 34.3 Å². The summed E-state index contributed by atoms with van der Waals surface area (Å²) in [6.07, 6.45) is 6.05. The van der Waals surface area contributed by atoms with Gasteiger partial charge in [-0.15, -0.1) is 11.3 Å². The van der Waals surface area contributed by atoms with E-state index in [-0.39, 0.29) is 5.60 Å². The molecule has 0 aromatic carbocycles. The molecule has 3 rings (SSSR count). The Morgan fingerprint density at radius 1 is 1.50 bits per heavy atom. The summed E-state index contributed by atoms with van der Waals surface area (Å²) in [6, 6.07) is 0. The first-order chi connectivity index (χ1) is 9.53. The molecule has 20 heavy (non-hydrogen) atoms. The predicted molar refractivity (Wildman–Crippen MR) is 80.2 cm³/mol. The Morgan fingerprint density at radius 3 is 3.05 bits per heavy atom. The second-order valence-corrected chi connectivity index (χ2v) is 7.04. The van der Waals surface area contributed by atoms with E-state index in [2.05, 4.69) is 40.0 Å². The molecule has 0 N–H and O–H groups in total. The van der Waals surface area contributed by atoms with Gasteiger partial charge in [0.1, 0.15) is 10.8 Å². The number of ether oxygens (including phenoxy) is 1. The summed E-state index contributed by atoms with van der Waals surface area (Å²) in [7, 11) is 0. The first-order valence-corrected chi connectivity index (χ1v) is 7.97. The van der Waals surface area contributed by atoms with Gasteiger partial charge in [0.25, 0.3) is 0 Å². The summed E-state index contributed by atoms with van der Waals surface area (Å²) in [5.74, 6) is 1.66. The monoisotopic (exact) mass is 291 g/mol. The lowest BCUT2D eigenvalue weighted by Gasteiger charge is -2.35. The fraction of sp³-hybridized carbons (Fsp3) is 0.600. The van der Waals surface area contributed by atoms with E-state index in [4.69, 9.17) is 4.74 Å². The van der Waals surface area contributed by atoms with Crippen LogP contribution in [0.3, 0.4) is 0 Å². The Labute approximate surface area is 123 Å². The lowest BCUT2D eigenvalue weighted by Crippen LogP contribution is -2.34. The molecule has 2 aromatic heterocycles. The normalized spacial score (nSPS) is 22.1. The van der Waals surface area contributed by atoms with Crippen LogP contribution in [0.2, 0.25) is 0 Å². The van der Waals surface area contributed by atoms with Crippen LogP contribution in [0.5, 0.6) is 0 Å². The van der Waals surface area contributed by atoms with Crippen LogP contribution in [0.15, 0.2) is 17.8 Å². The molecule has 108 valence electrons. The van der Waals surface area contributed by atoms with Crippen molar-refractivity contribution in [2.45, 2.75) is 51.7 Å². The van der Waals surface area contributed by atoms with Gasteiger partial charge >= 0.3 is 0 Å². The van der Waals surface area contributed by atoms with Gasteiger partial charge in [-0.2, -0.15) is 0 Å². The third-order valence-electron chi connectivity index (χ3n) is 3.78. The summed E-state index contributed by atoms with van der Waals surface area (Å²) in [4.78, 5) is 9.14. The lowest BCUT2D eigenvalue weighted by atomic mass is 9.88. The van der Waals surface area contributed by atoms with Crippen molar-refractivity contribution in [1.29, 1.82) is 0 Å². The Hall–Kier alpha value is -1.20. The molecular formula is C15H21N3OS. The van der Waals surface area contributed by atoms with Crippen molar-refractivity contribution < 1.29 is 4.74 Å². The first-order valence-electron chi connectivity index (χ1n) is 7.09. The molecular weight excluding hydrogens is 270 g/mol. The molecule has 1 aliphatic heterocycles. The van der Waals surface area contributed by atoms with Crippen molar-refractivity contribution in [3.8, 4) is 0 Å².